The summed E-state index contributed by atoms with van der Waals surface area (Å²) in [7, 11) is 0. The molecule has 0 spiro atoms. The number of anilines is 1. The van der Waals surface area contributed by atoms with E-state index in [-0.39, 0.29) is 35.1 Å². The van der Waals surface area contributed by atoms with Crippen molar-refractivity contribution in [1.82, 2.24) is 4.57 Å². The summed E-state index contributed by atoms with van der Waals surface area (Å²) in [5.74, 6) is -0.718. The Morgan fingerprint density at radius 2 is 1.85 bits per heavy atom. The largest absolute Gasteiger partial charge is 0.483 e. The van der Waals surface area contributed by atoms with Crippen LogP contribution in [0, 0.1) is 11.3 Å². The maximum Gasteiger partial charge on any atom is 0.268 e. The van der Waals surface area contributed by atoms with Gasteiger partial charge < -0.3 is 14.6 Å². The van der Waals surface area contributed by atoms with E-state index in [4.69, 9.17) is 27.9 Å². The van der Waals surface area contributed by atoms with Crippen LogP contribution in [0.25, 0.3) is 0 Å². The van der Waals surface area contributed by atoms with E-state index in [0.717, 1.165) is 0 Å². The molecular formula is C24H19Cl2N3O4. The number of nitrogens with one attached hydrogen (secondary N) is 1. The quantitative estimate of drug-likeness (QED) is 0.483. The maximum absolute atomic E-state index is 13.2. The third-order valence-corrected chi connectivity index (χ3v) is 5.41. The smallest absolute Gasteiger partial charge is 0.268 e. The molecule has 3 aromatic rings. The molecule has 3 rings (SSSR count). The van der Waals surface area contributed by atoms with Gasteiger partial charge in [-0.2, -0.15) is 5.26 Å². The Kier molecular flexibility index (Phi) is 7.54. The molecule has 0 aliphatic carbocycles. The molecule has 0 fully saturated rings. The molecule has 0 radical (unpaired) electrons. The van der Waals surface area contributed by atoms with Crippen LogP contribution in [0.1, 0.15) is 41.4 Å². The molecule has 168 valence electrons. The lowest BCUT2D eigenvalue weighted by molar-refractivity contribution is -0.118. The SMILES string of the molecule is CC(C)n1cc(C(=O)c2ccccc2OCC(=O)Nc2ccc(Cl)c(Cl)c2)cc(C#N)c1=O. The average Bonchev–Trinajstić information content (AvgIpc) is 2.80. The zero-order valence-electron chi connectivity index (χ0n) is 17.8. The molecule has 1 amide bonds. The number of carbonyl (C=O) groups is 2. The third kappa shape index (κ3) is 5.61. The van der Waals surface area contributed by atoms with Crippen LogP contribution in [0.15, 0.2) is 59.5 Å². The van der Waals surface area contributed by atoms with Gasteiger partial charge in [-0.15, -0.1) is 0 Å². The first kappa shape index (κ1) is 24.1. The number of nitrogens with zero attached hydrogens (tertiary/aromatic N) is 2. The van der Waals surface area contributed by atoms with E-state index in [1.165, 1.54) is 22.9 Å². The minimum atomic E-state index is -0.465. The van der Waals surface area contributed by atoms with Crippen LogP contribution in [0.3, 0.4) is 0 Å². The molecule has 0 saturated carbocycles. The Bertz CT molecular complexity index is 1330. The number of hydrogen-bond acceptors (Lipinski definition) is 5. The van der Waals surface area contributed by atoms with Crippen molar-refractivity contribution in [2.24, 2.45) is 0 Å². The first-order valence-corrected chi connectivity index (χ1v) is 10.6. The van der Waals surface area contributed by atoms with Gasteiger partial charge in [0.15, 0.2) is 12.4 Å². The molecular weight excluding hydrogens is 465 g/mol. The van der Waals surface area contributed by atoms with Gasteiger partial charge in [0.25, 0.3) is 11.5 Å². The number of pyridine rings is 1. The van der Waals surface area contributed by atoms with Gasteiger partial charge in [-0.3, -0.25) is 14.4 Å². The molecule has 7 nitrogen and oxygen atoms in total. The summed E-state index contributed by atoms with van der Waals surface area (Å²) in [5.41, 5.74) is 0.206. The second kappa shape index (κ2) is 10.3. The first-order valence-electron chi connectivity index (χ1n) is 9.89. The lowest BCUT2D eigenvalue weighted by Gasteiger charge is -2.14. The van der Waals surface area contributed by atoms with E-state index in [1.54, 1.807) is 50.2 Å². The molecule has 0 aliphatic rings. The van der Waals surface area contributed by atoms with E-state index in [9.17, 15) is 19.6 Å². The molecule has 33 heavy (non-hydrogen) atoms. The minimum Gasteiger partial charge on any atom is -0.483 e. The minimum absolute atomic E-state index is 0.131. The van der Waals surface area contributed by atoms with Gasteiger partial charge in [-0.25, -0.2) is 0 Å². The molecule has 0 atom stereocenters. The van der Waals surface area contributed by atoms with Gasteiger partial charge in [0, 0.05) is 23.5 Å². The highest BCUT2D eigenvalue weighted by Gasteiger charge is 2.19. The van der Waals surface area contributed by atoms with Crippen LogP contribution in [-0.4, -0.2) is 22.9 Å². The molecule has 2 aromatic carbocycles. The number of rotatable bonds is 7. The number of ether oxygens (including phenoxy) is 1. The molecule has 9 heteroatoms. The van der Waals surface area contributed by atoms with Crippen molar-refractivity contribution >= 4 is 40.6 Å². The summed E-state index contributed by atoms with van der Waals surface area (Å²) < 4.78 is 6.93. The van der Waals surface area contributed by atoms with E-state index < -0.39 is 17.2 Å². The molecule has 0 aliphatic heterocycles. The molecule has 0 bridgehead atoms. The summed E-state index contributed by atoms with van der Waals surface area (Å²) in [6.45, 7) is 3.19. The van der Waals surface area contributed by atoms with E-state index in [0.29, 0.717) is 15.7 Å². The zero-order chi connectivity index (χ0) is 24.1. The van der Waals surface area contributed by atoms with Crippen molar-refractivity contribution in [3.05, 3.63) is 91.8 Å². The highest BCUT2D eigenvalue weighted by atomic mass is 35.5. The highest BCUT2D eigenvalue weighted by molar-refractivity contribution is 6.42. The Morgan fingerprint density at radius 1 is 1.12 bits per heavy atom. The van der Waals surface area contributed by atoms with E-state index >= 15 is 0 Å². The average molecular weight is 484 g/mol. The number of ketones is 1. The number of amides is 1. The van der Waals surface area contributed by atoms with Crippen molar-refractivity contribution in [3.63, 3.8) is 0 Å². The number of hydrogen-bond donors (Lipinski definition) is 1. The van der Waals surface area contributed by atoms with Crippen LogP contribution in [0.2, 0.25) is 10.0 Å². The van der Waals surface area contributed by atoms with Crippen LogP contribution in [-0.2, 0) is 4.79 Å². The number of halogens is 2. The van der Waals surface area contributed by atoms with Gasteiger partial charge >= 0.3 is 0 Å². The van der Waals surface area contributed by atoms with Crippen LogP contribution < -0.4 is 15.6 Å². The number of benzene rings is 2. The normalized spacial score (nSPS) is 10.5. The Morgan fingerprint density at radius 3 is 2.52 bits per heavy atom. The van der Waals surface area contributed by atoms with Crippen molar-refractivity contribution in [1.29, 1.82) is 5.26 Å². The summed E-state index contributed by atoms with van der Waals surface area (Å²) in [4.78, 5) is 37.8. The van der Waals surface area contributed by atoms with E-state index in [2.05, 4.69) is 5.32 Å². The summed E-state index contributed by atoms with van der Waals surface area (Å²) in [5, 5.41) is 12.6. The highest BCUT2D eigenvalue weighted by Crippen LogP contribution is 2.25. The number of carbonyl (C=O) groups excluding carboxylic acids is 2. The fourth-order valence-electron chi connectivity index (χ4n) is 3.04. The van der Waals surface area contributed by atoms with Crippen LogP contribution >= 0.6 is 23.2 Å². The molecule has 0 unspecified atom stereocenters. The van der Waals surface area contributed by atoms with Gasteiger partial charge in [-0.1, -0.05) is 35.3 Å². The fraction of sp³-hybridized carbons (Fsp3) is 0.167. The van der Waals surface area contributed by atoms with E-state index in [1.807, 2.05) is 6.07 Å². The predicted molar refractivity (Wildman–Crippen MR) is 126 cm³/mol. The molecule has 1 heterocycles. The topological polar surface area (TPSA) is 101 Å². The van der Waals surface area contributed by atoms with Crippen molar-refractivity contribution in [3.8, 4) is 11.8 Å². The van der Waals surface area contributed by atoms with Gasteiger partial charge in [0.2, 0.25) is 0 Å². The van der Waals surface area contributed by atoms with Crippen LogP contribution in [0.4, 0.5) is 5.69 Å². The second-order valence-corrected chi connectivity index (χ2v) is 8.17. The van der Waals surface area contributed by atoms with Gasteiger partial charge in [0.1, 0.15) is 17.4 Å². The maximum atomic E-state index is 13.2. The lowest BCUT2D eigenvalue weighted by Crippen LogP contribution is -2.25. The summed E-state index contributed by atoms with van der Waals surface area (Å²) >= 11 is 11.8. The Balaban J connectivity index is 1.82. The Hall–Kier alpha value is -3.60. The number of nitriles is 1. The number of aromatic nitrogens is 1. The summed E-state index contributed by atoms with van der Waals surface area (Å²) in [6.07, 6.45) is 1.42. The van der Waals surface area contributed by atoms with Crippen LogP contribution in [0.5, 0.6) is 5.75 Å². The lowest BCUT2D eigenvalue weighted by atomic mass is 10.0. The summed E-state index contributed by atoms with van der Waals surface area (Å²) in [6, 6.07) is 13.9. The Labute approximate surface area is 200 Å². The third-order valence-electron chi connectivity index (χ3n) is 4.68. The van der Waals surface area contributed by atoms with Gasteiger partial charge in [-0.05, 0) is 50.2 Å². The zero-order valence-corrected chi connectivity index (χ0v) is 19.3. The first-order chi connectivity index (χ1) is 15.7. The molecule has 0 saturated heterocycles. The van der Waals surface area contributed by atoms with Gasteiger partial charge in [0.05, 0.1) is 15.6 Å². The molecule has 1 aromatic heterocycles. The predicted octanol–water partition coefficient (Wildman–Crippen LogP) is 4.86. The monoisotopic (exact) mass is 483 g/mol. The standard InChI is InChI=1S/C24H19Cl2N3O4/c1-14(2)29-12-16(9-15(11-27)24(29)32)23(31)18-5-3-4-6-21(18)33-13-22(30)28-17-7-8-19(25)20(26)10-17/h3-10,12,14H,13H2,1-2H3,(H,28,30). The van der Waals surface area contributed by atoms with Crippen molar-refractivity contribution < 1.29 is 14.3 Å². The van der Waals surface area contributed by atoms with Crippen molar-refractivity contribution in [2.75, 3.05) is 11.9 Å². The second-order valence-electron chi connectivity index (χ2n) is 7.35. The number of para-hydroxylation sites is 1. The fourth-order valence-corrected chi connectivity index (χ4v) is 3.34. The molecule has 1 N–H and O–H groups in total. The van der Waals surface area contributed by atoms with Crippen molar-refractivity contribution in [2.45, 2.75) is 19.9 Å².